The van der Waals surface area contributed by atoms with Gasteiger partial charge in [0, 0.05) is 12.2 Å². The molecule has 1 heterocycles. The predicted molar refractivity (Wildman–Crippen MR) is 103 cm³/mol. The van der Waals surface area contributed by atoms with Crippen molar-refractivity contribution in [1.82, 2.24) is 4.90 Å². The molecule has 22 heavy (non-hydrogen) atoms. The summed E-state index contributed by atoms with van der Waals surface area (Å²) >= 11 is 0. The maximum Gasteiger partial charge on any atom is 0.193 e. The lowest BCUT2D eigenvalue weighted by molar-refractivity contribution is 0.197. The molecule has 124 valence electrons. The van der Waals surface area contributed by atoms with Gasteiger partial charge in [-0.25, -0.2) is 0 Å². The number of likely N-dealkylation sites (tertiary alicyclic amines) is 1. The number of nitrogens with one attached hydrogen (secondary N) is 1. The molecule has 0 amide bonds. The second kappa shape index (κ2) is 9.89. The Bertz CT molecular complexity index is 456. The van der Waals surface area contributed by atoms with Gasteiger partial charge in [-0.15, -0.1) is 24.0 Å². The van der Waals surface area contributed by atoms with Crippen LogP contribution >= 0.6 is 24.0 Å². The van der Waals surface area contributed by atoms with Gasteiger partial charge in [0.05, 0.1) is 13.7 Å². The largest absolute Gasteiger partial charge is 0.497 e. The van der Waals surface area contributed by atoms with Crippen LogP contribution in [0.5, 0.6) is 5.75 Å². The average molecular weight is 418 g/mol. The van der Waals surface area contributed by atoms with Crippen LogP contribution in [0.25, 0.3) is 0 Å². The third kappa shape index (κ3) is 6.39. The van der Waals surface area contributed by atoms with Crippen LogP contribution in [0.15, 0.2) is 29.3 Å². The van der Waals surface area contributed by atoms with Crippen LogP contribution in [-0.2, 0) is 0 Å². The van der Waals surface area contributed by atoms with E-state index in [-0.39, 0.29) is 24.0 Å². The van der Waals surface area contributed by atoms with Gasteiger partial charge in [-0.2, -0.15) is 0 Å². The minimum Gasteiger partial charge on any atom is -0.497 e. The number of halogens is 1. The number of piperidine rings is 1. The molecule has 3 N–H and O–H groups in total. The highest BCUT2D eigenvalue weighted by atomic mass is 127. The molecule has 0 atom stereocenters. The molecule has 1 aromatic carbocycles. The maximum absolute atomic E-state index is 5.90. The number of rotatable bonds is 5. The lowest BCUT2D eigenvalue weighted by Crippen LogP contribution is -2.35. The molecule has 1 aliphatic rings. The lowest BCUT2D eigenvalue weighted by atomic mass is 9.99. The van der Waals surface area contributed by atoms with Gasteiger partial charge >= 0.3 is 0 Å². The van der Waals surface area contributed by atoms with Crippen molar-refractivity contribution in [2.75, 3.05) is 38.6 Å². The number of guanidine groups is 1. The van der Waals surface area contributed by atoms with Crippen LogP contribution in [0.2, 0.25) is 0 Å². The maximum atomic E-state index is 5.90. The third-order valence-electron chi connectivity index (χ3n) is 3.94. The summed E-state index contributed by atoms with van der Waals surface area (Å²) < 4.78 is 5.12. The Kier molecular flexibility index (Phi) is 8.55. The first-order valence-electron chi connectivity index (χ1n) is 7.60. The third-order valence-corrected chi connectivity index (χ3v) is 3.94. The van der Waals surface area contributed by atoms with E-state index in [0.717, 1.165) is 30.4 Å². The summed E-state index contributed by atoms with van der Waals surface area (Å²) in [6, 6.07) is 7.63. The summed E-state index contributed by atoms with van der Waals surface area (Å²) in [5, 5.41) is 3.09. The Morgan fingerprint density at radius 3 is 2.55 bits per heavy atom. The predicted octanol–water partition coefficient (Wildman–Crippen LogP) is 2.77. The minimum atomic E-state index is 0. The molecule has 0 bridgehead atoms. The molecule has 6 heteroatoms. The number of benzene rings is 1. The van der Waals surface area contributed by atoms with Crippen molar-refractivity contribution in [2.45, 2.75) is 19.8 Å². The first-order chi connectivity index (χ1) is 10.2. The molecule has 0 spiro atoms. The topological polar surface area (TPSA) is 62.9 Å². The highest BCUT2D eigenvalue weighted by Gasteiger charge is 2.14. The SMILES string of the molecule is COc1ccc(NC(N)=NCCN2CCC(C)CC2)cc1.I. The molecule has 0 saturated carbocycles. The lowest BCUT2D eigenvalue weighted by Gasteiger charge is -2.29. The summed E-state index contributed by atoms with van der Waals surface area (Å²) in [4.78, 5) is 6.85. The van der Waals surface area contributed by atoms with Crippen molar-refractivity contribution in [3.05, 3.63) is 24.3 Å². The van der Waals surface area contributed by atoms with E-state index in [1.54, 1.807) is 7.11 Å². The van der Waals surface area contributed by atoms with E-state index in [1.807, 2.05) is 24.3 Å². The van der Waals surface area contributed by atoms with Crippen molar-refractivity contribution in [1.29, 1.82) is 0 Å². The Morgan fingerprint density at radius 1 is 1.32 bits per heavy atom. The molecule has 0 radical (unpaired) electrons. The van der Waals surface area contributed by atoms with Crippen LogP contribution < -0.4 is 15.8 Å². The second-order valence-corrected chi connectivity index (χ2v) is 5.64. The Hall–Kier alpha value is -1.02. The molecule has 1 aliphatic heterocycles. The first kappa shape index (κ1) is 19.0. The van der Waals surface area contributed by atoms with E-state index in [2.05, 4.69) is 22.1 Å². The zero-order chi connectivity index (χ0) is 15.1. The number of nitrogens with zero attached hydrogens (tertiary/aromatic N) is 2. The fourth-order valence-electron chi connectivity index (χ4n) is 2.46. The van der Waals surface area contributed by atoms with E-state index in [9.17, 15) is 0 Å². The number of hydrogen-bond acceptors (Lipinski definition) is 3. The molecule has 1 saturated heterocycles. The fourth-order valence-corrected chi connectivity index (χ4v) is 2.46. The smallest absolute Gasteiger partial charge is 0.193 e. The van der Waals surface area contributed by atoms with Gasteiger partial charge in [-0.05, 0) is 56.1 Å². The molecule has 1 fully saturated rings. The van der Waals surface area contributed by atoms with Crippen molar-refractivity contribution < 1.29 is 4.74 Å². The van der Waals surface area contributed by atoms with Gasteiger partial charge in [-0.3, -0.25) is 4.99 Å². The average Bonchev–Trinajstić information content (AvgIpc) is 2.50. The number of ether oxygens (including phenoxy) is 1. The molecule has 0 aromatic heterocycles. The molecular weight excluding hydrogens is 391 g/mol. The second-order valence-electron chi connectivity index (χ2n) is 5.64. The molecule has 1 aromatic rings. The molecule has 5 nitrogen and oxygen atoms in total. The minimum absolute atomic E-state index is 0. The van der Waals surface area contributed by atoms with E-state index >= 15 is 0 Å². The number of anilines is 1. The van der Waals surface area contributed by atoms with Gasteiger partial charge in [0.1, 0.15) is 5.75 Å². The molecule has 2 rings (SSSR count). The van der Waals surface area contributed by atoms with E-state index in [0.29, 0.717) is 5.96 Å². The number of nitrogens with two attached hydrogens (primary N) is 1. The summed E-state index contributed by atoms with van der Waals surface area (Å²) in [5.74, 6) is 2.16. The first-order valence-corrected chi connectivity index (χ1v) is 7.60. The number of aliphatic imine (C=N–C) groups is 1. The van der Waals surface area contributed by atoms with E-state index in [4.69, 9.17) is 10.5 Å². The van der Waals surface area contributed by atoms with Gasteiger partial charge in [0.25, 0.3) is 0 Å². The van der Waals surface area contributed by atoms with Crippen molar-refractivity contribution in [3.63, 3.8) is 0 Å². The van der Waals surface area contributed by atoms with Crippen LogP contribution in [0.4, 0.5) is 5.69 Å². The van der Waals surface area contributed by atoms with Gasteiger partial charge in [0.2, 0.25) is 0 Å². The van der Waals surface area contributed by atoms with Crippen molar-refractivity contribution >= 4 is 35.6 Å². The zero-order valence-corrected chi connectivity index (χ0v) is 15.7. The quantitative estimate of drug-likeness (QED) is 0.439. The summed E-state index contributed by atoms with van der Waals surface area (Å²) in [6.07, 6.45) is 2.59. The fraction of sp³-hybridized carbons (Fsp3) is 0.562. The highest BCUT2D eigenvalue weighted by Crippen LogP contribution is 2.16. The Balaban J connectivity index is 0.00000242. The van der Waals surface area contributed by atoms with E-state index < -0.39 is 0 Å². The van der Waals surface area contributed by atoms with Crippen LogP contribution in [0, 0.1) is 5.92 Å². The van der Waals surface area contributed by atoms with Crippen molar-refractivity contribution in [2.24, 2.45) is 16.6 Å². The zero-order valence-electron chi connectivity index (χ0n) is 13.4. The monoisotopic (exact) mass is 418 g/mol. The standard InChI is InChI=1S/C16H26N4O.HI/c1-13-7-10-20(11-8-13)12-9-18-16(17)19-14-3-5-15(21-2)6-4-14;/h3-6,13H,7-12H2,1-2H3,(H3,17,18,19);1H. The molecule has 0 aliphatic carbocycles. The summed E-state index contributed by atoms with van der Waals surface area (Å²) in [6.45, 7) is 6.42. The normalized spacial score (nSPS) is 16.9. The Labute approximate surface area is 150 Å². The van der Waals surface area contributed by atoms with Crippen LogP contribution in [0.1, 0.15) is 19.8 Å². The Morgan fingerprint density at radius 2 is 1.95 bits per heavy atom. The van der Waals surface area contributed by atoms with Gasteiger partial charge < -0.3 is 20.7 Å². The number of hydrogen-bond donors (Lipinski definition) is 2. The molecule has 0 unspecified atom stereocenters. The summed E-state index contributed by atoms with van der Waals surface area (Å²) in [7, 11) is 1.65. The number of methoxy groups -OCH3 is 1. The van der Waals surface area contributed by atoms with Crippen LogP contribution in [-0.4, -0.2) is 44.1 Å². The van der Waals surface area contributed by atoms with Crippen LogP contribution in [0.3, 0.4) is 0 Å². The summed E-state index contributed by atoms with van der Waals surface area (Å²) in [5.41, 5.74) is 6.82. The van der Waals surface area contributed by atoms with Gasteiger partial charge in [0.15, 0.2) is 5.96 Å². The van der Waals surface area contributed by atoms with E-state index in [1.165, 1.54) is 25.9 Å². The van der Waals surface area contributed by atoms with Gasteiger partial charge in [-0.1, -0.05) is 6.92 Å². The highest BCUT2D eigenvalue weighted by molar-refractivity contribution is 14.0. The van der Waals surface area contributed by atoms with Crippen molar-refractivity contribution in [3.8, 4) is 5.75 Å². The molecular formula is C16H27IN4O.